The van der Waals surface area contributed by atoms with Crippen LogP contribution in [0.3, 0.4) is 0 Å². The van der Waals surface area contributed by atoms with Crippen LogP contribution in [0.25, 0.3) is 15.6 Å². The van der Waals surface area contributed by atoms with Gasteiger partial charge in [0, 0.05) is 36.4 Å². The van der Waals surface area contributed by atoms with Crippen LogP contribution in [0.4, 0.5) is 0 Å². The van der Waals surface area contributed by atoms with E-state index in [1.165, 1.54) is 11.5 Å². The average molecular weight is 456 g/mol. The summed E-state index contributed by atoms with van der Waals surface area (Å²) < 4.78 is 7.02. The molecule has 0 aliphatic rings. The first-order chi connectivity index (χ1) is 16.2. The average Bonchev–Trinajstić information content (AvgIpc) is 3.50. The van der Waals surface area contributed by atoms with E-state index in [9.17, 15) is 9.59 Å². The molecule has 7 nitrogen and oxygen atoms in total. The summed E-state index contributed by atoms with van der Waals surface area (Å²) in [5.74, 6) is -0.277. The summed E-state index contributed by atoms with van der Waals surface area (Å²) in [7, 11) is 0. The van der Waals surface area contributed by atoms with Crippen LogP contribution in [0.2, 0.25) is 0 Å². The molecule has 0 spiro atoms. The van der Waals surface area contributed by atoms with Gasteiger partial charge >= 0.3 is 0 Å². The van der Waals surface area contributed by atoms with Crippen LogP contribution in [-0.2, 0) is 13.0 Å². The zero-order valence-corrected chi connectivity index (χ0v) is 18.5. The Morgan fingerprint density at radius 1 is 0.909 bits per heavy atom. The number of carbonyl (C=O) groups excluding carboxylic acids is 2. The summed E-state index contributed by atoms with van der Waals surface area (Å²) >= 11 is 1.34. The molecule has 2 amide bonds. The zero-order valence-electron chi connectivity index (χ0n) is 17.7. The Morgan fingerprint density at radius 3 is 2.61 bits per heavy atom. The van der Waals surface area contributed by atoms with Crippen LogP contribution >= 0.6 is 11.5 Å². The van der Waals surface area contributed by atoms with Crippen LogP contribution in [0, 0.1) is 0 Å². The number of rotatable bonds is 7. The molecule has 0 unspecified atom stereocenters. The summed E-state index contributed by atoms with van der Waals surface area (Å²) in [4.78, 5) is 24.9. The molecule has 3 heterocycles. The largest absolute Gasteiger partial charge is 0.350 e. The minimum atomic E-state index is -0.152. The van der Waals surface area contributed by atoms with Crippen molar-refractivity contribution in [1.29, 1.82) is 0 Å². The summed E-state index contributed by atoms with van der Waals surface area (Å²) in [5.41, 5.74) is 4.08. The predicted molar refractivity (Wildman–Crippen MR) is 128 cm³/mol. The minimum absolute atomic E-state index is 0.125. The van der Waals surface area contributed by atoms with Gasteiger partial charge in [-0.25, -0.2) is 4.52 Å². The highest BCUT2D eigenvalue weighted by Crippen LogP contribution is 2.22. The topological polar surface area (TPSA) is 88.4 Å². The molecule has 3 aromatic heterocycles. The van der Waals surface area contributed by atoms with Gasteiger partial charge in [-0.15, -0.1) is 0 Å². The van der Waals surface area contributed by atoms with Gasteiger partial charge in [-0.2, -0.15) is 9.47 Å². The molecule has 0 saturated carbocycles. The highest BCUT2D eigenvalue weighted by molar-refractivity contribution is 7.13. The Kier molecular flexibility index (Phi) is 5.82. The Hall–Kier alpha value is -4.04. The Labute approximate surface area is 194 Å². The molecule has 8 heteroatoms. The van der Waals surface area contributed by atoms with Crippen molar-refractivity contribution in [3.8, 4) is 0 Å². The number of hydrogen-bond acceptors (Lipinski definition) is 5. The summed E-state index contributed by atoms with van der Waals surface area (Å²) in [6, 6.07) is 21.2. The third kappa shape index (κ3) is 4.61. The highest BCUT2D eigenvalue weighted by atomic mass is 32.1. The van der Waals surface area contributed by atoms with E-state index in [0.717, 1.165) is 26.7 Å². The van der Waals surface area contributed by atoms with Gasteiger partial charge in [0.05, 0.1) is 10.2 Å². The van der Waals surface area contributed by atoms with E-state index in [2.05, 4.69) is 20.1 Å². The molecule has 0 aliphatic carbocycles. The van der Waals surface area contributed by atoms with E-state index in [4.69, 9.17) is 0 Å². The molecule has 0 aliphatic heterocycles. The van der Waals surface area contributed by atoms with E-state index >= 15 is 0 Å². The van der Waals surface area contributed by atoms with Gasteiger partial charge < -0.3 is 10.6 Å². The number of benzene rings is 2. The van der Waals surface area contributed by atoms with Gasteiger partial charge in [0.25, 0.3) is 11.8 Å². The van der Waals surface area contributed by atoms with Crippen molar-refractivity contribution >= 4 is 38.9 Å². The quantitative estimate of drug-likeness (QED) is 0.390. The lowest BCUT2D eigenvalue weighted by Gasteiger charge is -2.08. The molecular weight excluding hydrogens is 434 g/mol. The van der Waals surface area contributed by atoms with Crippen LogP contribution in [0.15, 0.2) is 79.1 Å². The molecule has 5 aromatic rings. The van der Waals surface area contributed by atoms with Gasteiger partial charge in [-0.3, -0.25) is 9.59 Å². The van der Waals surface area contributed by atoms with Crippen molar-refractivity contribution in [2.75, 3.05) is 6.54 Å². The Bertz CT molecular complexity index is 1440. The number of nitrogens with zero attached hydrogens (tertiary/aromatic N) is 3. The van der Waals surface area contributed by atoms with Gasteiger partial charge in [0.15, 0.2) is 0 Å². The molecule has 0 radical (unpaired) electrons. The number of pyridine rings is 1. The summed E-state index contributed by atoms with van der Waals surface area (Å²) in [6.07, 6.45) is 4.19. The Morgan fingerprint density at radius 2 is 1.73 bits per heavy atom. The summed E-state index contributed by atoms with van der Waals surface area (Å²) in [5, 5.41) is 10.9. The molecular formula is C25H21N5O2S. The first kappa shape index (κ1) is 20.8. The lowest BCUT2D eigenvalue weighted by molar-refractivity contribution is 0.0943. The monoisotopic (exact) mass is 455 g/mol. The predicted octanol–water partition coefficient (Wildman–Crippen LogP) is 3.85. The van der Waals surface area contributed by atoms with Crippen molar-refractivity contribution in [1.82, 2.24) is 24.6 Å². The molecule has 0 atom stereocenters. The van der Waals surface area contributed by atoms with Gasteiger partial charge in [-0.05, 0) is 53.3 Å². The normalized spacial score (nSPS) is 11.0. The number of amides is 2. The number of aromatic nitrogens is 3. The molecule has 0 saturated heterocycles. The van der Waals surface area contributed by atoms with E-state index in [-0.39, 0.29) is 11.8 Å². The molecule has 0 bridgehead atoms. The third-order valence-electron chi connectivity index (χ3n) is 5.43. The molecule has 0 fully saturated rings. The van der Waals surface area contributed by atoms with Crippen molar-refractivity contribution < 1.29 is 9.59 Å². The van der Waals surface area contributed by atoms with Crippen molar-refractivity contribution in [2.45, 2.75) is 13.0 Å². The molecule has 5 rings (SSSR count). The summed E-state index contributed by atoms with van der Waals surface area (Å²) in [6.45, 7) is 0.967. The van der Waals surface area contributed by atoms with Crippen LogP contribution in [0.5, 0.6) is 0 Å². The Balaban J connectivity index is 1.11. The van der Waals surface area contributed by atoms with Crippen molar-refractivity contribution in [2.24, 2.45) is 0 Å². The minimum Gasteiger partial charge on any atom is -0.350 e. The van der Waals surface area contributed by atoms with Gasteiger partial charge in [-0.1, -0.05) is 42.5 Å². The van der Waals surface area contributed by atoms with E-state index in [1.54, 1.807) is 23.0 Å². The van der Waals surface area contributed by atoms with Crippen molar-refractivity contribution in [3.05, 3.63) is 102 Å². The second kappa shape index (κ2) is 9.22. The van der Waals surface area contributed by atoms with Gasteiger partial charge in [0.1, 0.15) is 5.69 Å². The van der Waals surface area contributed by atoms with Crippen LogP contribution < -0.4 is 10.6 Å². The fourth-order valence-electron chi connectivity index (χ4n) is 3.62. The van der Waals surface area contributed by atoms with E-state index in [0.29, 0.717) is 30.8 Å². The lowest BCUT2D eigenvalue weighted by Crippen LogP contribution is -2.26. The molecule has 2 aromatic carbocycles. The highest BCUT2D eigenvalue weighted by Gasteiger charge is 2.13. The maximum Gasteiger partial charge on any atom is 0.271 e. The number of hydrogen-bond donors (Lipinski definition) is 2. The van der Waals surface area contributed by atoms with Crippen LogP contribution in [0.1, 0.15) is 32.0 Å². The number of fused-ring (bicyclic) bond motifs is 2. The fourth-order valence-corrected chi connectivity index (χ4v) is 4.40. The second-order valence-electron chi connectivity index (χ2n) is 7.65. The molecule has 33 heavy (non-hydrogen) atoms. The van der Waals surface area contributed by atoms with Crippen LogP contribution in [-0.4, -0.2) is 32.3 Å². The number of nitrogens with one attached hydrogen (secondary N) is 2. The van der Waals surface area contributed by atoms with Crippen molar-refractivity contribution in [3.63, 3.8) is 0 Å². The lowest BCUT2D eigenvalue weighted by atomic mass is 10.1. The van der Waals surface area contributed by atoms with E-state index < -0.39 is 0 Å². The second-order valence-corrected chi connectivity index (χ2v) is 8.45. The first-order valence-electron chi connectivity index (χ1n) is 10.6. The zero-order chi connectivity index (χ0) is 22.6. The SMILES string of the molecule is O=C(NCc1ccc(CCNC(=O)c2nsc3ccccc23)cc1)c1ccn2nccc2c1. The maximum absolute atomic E-state index is 12.5. The van der Waals surface area contributed by atoms with Gasteiger partial charge in [0.2, 0.25) is 0 Å². The number of carbonyl (C=O) groups is 2. The standard InChI is InChI=1S/C25H21N5O2S/c31-24(19-11-14-30-20(15-19)10-13-28-30)27-16-18-7-5-17(6-8-18)9-12-26-25(32)23-21-3-1-2-4-22(21)33-29-23/h1-8,10-11,13-15H,9,12,16H2,(H,26,32)(H,27,31). The molecule has 2 N–H and O–H groups in total. The smallest absolute Gasteiger partial charge is 0.271 e. The first-order valence-corrected chi connectivity index (χ1v) is 11.4. The maximum atomic E-state index is 12.5. The van der Waals surface area contributed by atoms with E-state index in [1.807, 2.05) is 60.7 Å². The third-order valence-corrected chi connectivity index (χ3v) is 6.26. The fraction of sp³-hybridized carbons (Fsp3) is 0.120. The molecule has 164 valence electrons.